The minimum atomic E-state index is -0.417. The third-order valence-electron chi connectivity index (χ3n) is 2.22. The van der Waals surface area contributed by atoms with E-state index in [1.807, 2.05) is 19.1 Å². The fourth-order valence-electron chi connectivity index (χ4n) is 1.46. The molecule has 88 valence electrons. The molecule has 1 heterocycles. The first-order chi connectivity index (χ1) is 8.11. The third kappa shape index (κ3) is 2.48. The average molecular weight is 268 g/mol. The van der Waals surface area contributed by atoms with Crippen molar-refractivity contribution in [2.24, 2.45) is 0 Å². The van der Waals surface area contributed by atoms with E-state index in [1.165, 1.54) is 18.4 Å². The summed E-state index contributed by atoms with van der Waals surface area (Å²) in [5.41, 5.74) is 1.28. The third-order valence-corrected chi connectivity index (χ3v) is 3.49. The fraction of sp³-hybridized carbons (Fsp3) is 0.167. The van der Waals surface area contributed by atoms with Crippen LogP contribution in [-0.4, -0.2) is 18.1 Å². The Kier molecular flexibility index (Phi) is 3.45. The molecule has 0 unspecified atom stereocenters. The monoisotopic (exact) mass is 267 g/mol. The molecule has 0 spiro atoms. The van der Waals surface area contributed by atoms with Gasteiger partial charge in [0, 0.05) is 5.02 Å². The number of aryl methyl sites for hydroxylation is 1. The van der Waals surface area contributed by atoms with Gasteiger partial charge in [-0.15, -0.1) is 11.3 Å². The van der Waals surface area contributed by atoms with Gasteiger partial charge in [-0.2, -0.15) is 0 Å². The van der Waals surface area contributed by atoms with E-state index < -0.39 is 5.97 Å². The van der Waals surface area contributed by atoms with Gasteiger partial charge in [-0.3, -0.25) is 0 Å². The molecule has 0 bridgehead atoms. The zero-order valence-corrected chi connectivity index (χ0v) is 10.9. The van der Waals surface area contributed by atoms with Crippen LogP contribution in [0.1, 0.15) is 15.5 Å². The van der Waals surface area contributed by atoms with Gasteiger partial charge in [-0.25, -0.2) is 9.78 Å². The number of hydrogen-bond donors (Lipinski definition) is 0. The van der Waals surface area contributed by atoms with Gasteiger partial charge in [0.2, 0.25) is 0 Å². The summed E-state index contributed by atoms with van der Waals surface area (Å²) in [5.74, 6) is -0.417. The summed E-state index contributed by atoms with van der Waals surface area (Å²) < 4.78 is 4.71. The maximum atomic E-state index is 11.6. The van der Waals surface area contributed by atoms with Crippen molar-refractivity contribution < 1.29 is 9.53 Å². The Morgan fingerprint density at radius 3 is 2.59 bits per heavy atom. The van der Waals surface area contributed by atoms with Crippen LogP contribution < -0.4 is 0 Å². The number of benzene rings is 1. The standard InChI is InChI=1S/C12H10ClNO2S/c1-7-14-10(12(15)16-2)11(17-7)8-3-5-9(13)6-4-8/h3-6H,1-2H3. The topological polar surface area (TPSA) is 39.2 Å². The van der Waals surface area contributed by atoms with Crippen LogP contribution >= 0.6 is 22.9 Å². The van der Waals surface area contributed by atoms with Gasteiger partial charge in [0.05, 0.1) is 17.0 Å². The summed E-state index contributed by atoms with van der Waals surface area (Å²) in [7, 11) is 1.35. The molecule has 0 radical (unpaired) electrons. The zero-order chi connectivity index (χ0) is 12.4. The van der Waals surface area contributed by atoms with E-state index in [9.17, 15) is 4.79 Å². The number of ether oxygens (including phenoxy) is 1. The Balaban J connectivity index is 2.51. The number of hydrogen-bond acceptors (Lipinski definition) is 4. The van der Waals surface area contributed by atoms with Crippen molar-refractivity contribution in [1.29, 1.82) is 0 Å². The van der Waals surface area contributed by atoms with Crippen molar-refractivity contribution in [3.05, 3.63) is 40.0 Å². The molecule has 1 aromatic heterocycles. The molecular formula is C12H10ClNO2S. The Hall–Kier alpha value is -1.39. The van der Waals surface area contributed by atoms with E-state index in [2.05, 4.69) is 4.98 Å². The second-order valence-electron chi connectivity index (χ2n) is 3.41. The van der Waals surface area contributed by atoms with E-state index >= 15 is 0 Å². The predicted molar refractivity (Wildman–Crippen MR) is 68.6 cm³/mol. The van der Waals surface area contributed by atoms with Crippen molar-refractivity contribution in [3.8, 4) is 10.4 Å². The molecule has 0 aliphatic rings. The molecule has 0 fully saturated rings. The molecular weight excluding hydrogens is 258 g/mol. The molecule has 0 atom stereocenters. The zero-order valence-electron chi connectivity index (χ0n) is 9.36. The number of aromatic nitrogens is 1. The van der Waals surface area contributed by atoms with Gasteiger partial charge < -0.3 is 4.74 Å². The Morgan fingerprint density at radius 1 is 1.35 bits per heavy atom. The molecule has 0 saturated heterocycles. The number of thiazole rings is 1. The second kappa shape index (κ2) is 4.85. The molecule has 3 nitrogen and oxygen atoms in total. The number of methoxy groups -OCH3 is 1. The van der Waals surface area contributed by atoms with Crippen LogP contribution in [-0.2, 0) is 4.74 Å². The van der Waals surface area contributed by atoms with Crippen LogP contribution in [0.4, 0.5) is 0 Å². The lowest BCUT2D eigenvalue weighted by Gasteiger charge is -2.00. The minimum Gasteiger partial charge on any atom is -0.464 e. The first-order valence-electron chi connectivity index (χ1n) is 4.93. The van der Waals surface area contributed by atoms with Crippen molar-refractivity contribution in [1.82, 2.24) is 4.98 Å². The van der Waals surface area contributed by atoms with E-state index in [1.54, 1.807) is 12.1 Å². The average Bonchev–Trinajstić information content (AvgIpc) is 2.71. The summed E-state index contributed by atoms with van der Waals surface area (Å²) in [6.45, 7) is 1.86. The van der Waals surface area contributed by atoms with Crippen LogP contribution in [0.2, 0.25) is 5.02 Å². The van der Waals surface area contributed by atoms with Gasteiger partial charge in [0.1, 0.15) is 0 Å². The van der Waals surface area contributed by atoms with E-state index in [-0.39, 0.29) is 0 Å². The number of rotatable bonds is 2. The van der Waals surface area contributed by atoms with E-state index in [0.717, 1.165) is 15.4 Å². The molecule has 5 heteroatoms. The summed E-state index contributed by atoms with van der Waals surface area (Å²) in [6, 6.07) is 7.30. The summed E-state index contributed by atoms with van der Waals surface area (Å²) in [6.07, 6.45) is 0. The molecule has 0 aliphatic heterocycles. The van der Waals surface area contributed by atoms with Crippen LogP contribution in [0.5, 0.6) is 0 Å². The van der Waals surface area contributed by atoms with Gasteiger partial charge >= 0.3 is 5.97 Å². The summed E-state index contributed by atoms with van der Waals surface area (Å²) in [4.78, 5) is 16.6. The molecule has 0 amide bonds. The van der Waals surface area contributed by atoms with Gasteiger partial charge in [-0.05, 0) is 24.6 Å². The minimum absolute atomic E-state index is 0.359. The van der Waals surface area contributed by atoms with Crippen LogP contribution in [0.3, 0.4) is 0 Å². The van der Waals surface area contributed by atoms with Crippen LogP contribution in [0, 0.1) is 6.92 Å². The van der Waals surface area contributed by atoms with Crippen molar-refractivity contribution in [3.63, 3.8) is 0 Å². The highest BCUT2D eigenvalue weighted by atomic mass is 35.5. The van der Waals surface area contributed by atoms with Gasteiger partial charge in [0.15, 0.2) is 5.69 Å². The first kappa shape index (κ1) is 12.1. The Bertz CT molecular complexity index is 548. The van der Waals surface area contributed by atoms with Gasteiger partial charge in [0.25, 0.3) is 0 Å². The lowest BCUT2D eigenvalue weighted by atomic mass is 10.1. The van der Waals surface area contributed by atoms with E-state index in [4.69, 9.17) is 16.3 Å². The summed E-state index contributed by atoms with van der Waals surface area (Å²) in [5, 5.41) is 1.49. The maximum Gasteiger partial charge on any atom is 0.358 e. The number of esters is 1. The summed E-state index contributed by atoms with van der Waals surface area (Å²) >= 11 is 7.29. The lowest BCUT2D eigenvalue weighted by Crippen LogP contribution is -2.03. The van der Waals surface area contributed by atoms with Crippen molar-refractivity contribution in [2.45, 2.75) is 6.92 Å². The first-order valence-corrected chi connectivity index (χ1v) is 6.13. The van der Waals surface area contributed by atoms with Gasteiger partial charge in [-0.1, -0.05) is 23.7 Å². The predicted octanol–water partition coefficient (Wildman–Crippen LogP) is 3.56. The Labute approximate surface area is 108 Å². The molecule has 0 N–H and O–H groups in total. The molecule has 2 rings (SSSR count). The lowest BCUT2D eigenvalue weighted by molar-refractivity contribution is 0.0595. The molecule has 0 aliphatic carbocycles. The van der Waals surface area contributed by atoms with Crippen LogP contribution in [0.25, 0.3) is 10.4 Å². The van der Waals surface area contributed by atoms with Crippen molar-refractivity contribution >= 4 is 28.9 Å². The van der Waals surface area contributed by atoms with E-state index in [0.29, 0.717) is 10.7 Å². The normalized spacial score (nSPS) is 10.3. The number of halogens is 1. The number of carbonyl (C=O) groups excluding carboxylic acids is 1. The number of nitrogens with zero attached hydrogens (tertiary/aromatic N) is 1. The highest BCUT2D eigenvalue weighted by molar-refractivity contribution is 7.15. The molecule has 0 saturated carbocycles. The highest BCUT2D eigenvalue weighted by Gasteiger charge is 2.18. The highest BCUT2D eigenvalue weighted by Crippen LogP contribution is 2.31. The smallest absolute Gasteiger partial charge is 0.358 e. The molecule has 2 aromatic rings. The second-order valence-corrected chi connectivity index (χ2v) is 5.05. The SMILES string of the molecule is COC(=O)c1nc(C)sc1-c1ccc(Cl)cc1. The quantitative estimate of drug-likeness (QED) is 0.781. The molecule has 17 heavy (non-hydrogen) atoms. The number of carbonyl (C=O) groups is 1. The Morgan fingerprint density at radius 2 is 2.00 bits per heavy atom. The largest absolute Gasteiger partial charge is 0.464 e. The fourth-order valence-corrected chi connectivity index (χ4v) is 2.50. The molecule has 1 aromatic carbocycles. The van der Waals surface area contributed by atoms with Crippen molar-refractivity contribution in [2.75, 3.05) is 7.11 Å². The maximum absolute atomic E-state index is 11.6. The van der Waals surface area contributed by atoms with Crippen LogP contribution in [0.15, 0.2) is 24.3 Å².